The van der Waals surface area contributed by atoms with Gasteiger partial charge in [0.2, 0.25) is 0 Å². The first-order valence-corrected chi connectivity index (χ1v) is 12.8. The van der Waals surface area contributed by atoms with Crippen LogP contribution < -0.4 is 0 Å². The predicted molar refractivity (Wildman–Crippen MR) is 94.1 cm³/mol. The topological polar surface area (TPSA) is 0 Å². The first-order chi connectivity index (χ1) is 9.92. The molecule has 20 heavy (non-hydrogen) atoms. The maximum Gasteiger partial charge on any atom is -0.0206 e. The molecule has 2 heteroatoms. The van der Waals surface area contributed by atoms with Gasteiger partial charge in [-0.1, -0.05) is 41.5 Å². The zero-order valence-electron chi connectivity index (χ0n) is 13.1. The fraction of sp³-hybridized carbons (Fsp3) is 1.00. The monoisotopic (exact) mass is 310 g/mol. The van der Waals surface area contributed by atoms with E-state index in [-0.39, 0.29) is 0 Å². The Balaban J connectivity index is 1.37. The summed E-state index contributed by atoms with van der Waals surface area (Å²) in [7, 11) is 0.925. The van der Waals surface area contributed by atoms with E-state index in [2.05, 4.69) is 0 Å². The summed E-state index contributed by atoms with van der Waals surface area (Å²) in [5.41, 5.74) is 4.88. The molecule has 0 aliphatic carbocycles. The molecular weight excluding hydrogens is 278 g/mol. The van der Waals surface area contributed by atoms with Gasteiger partial charge in [-0.25, -0.2) is 0 Å². The summed E-state index contributed by atoms with van der Waals surface area (Å²) in [5.74, 6) is 0. The van der Waals surface area contributed by atoms with Crippen LogP contribution >= 0.6 is 15.8 Å². The highest BCUT2D eigenvalue weighted by atomic mass is 31.1. The minimum atomic E-state index is 0.463. The van der Waals surface area contributed by atoms with Crippen LogP contribution in [0.4, 0.5) is 0 Å². The lowest BCUT2D eigenvalue weighted by Crippen LogP contribution is -2.10. The van der Waals surface area contributed by atoms with E-state index < -0.39 is 0 Å². The Morgan fingerprint density at radius 3 is 1.05 bits per heavy atom. The average Bonchev–Trinajstić information content (AvgIpc) is 2.81. The third-order valence-corrected chi connectivity index (χ3v) is 14.5. The van der Waals surface area contributed by atoms with Crippen molar-refractivity contribution in [1.29, 1.82) is 0 Å². The van der Waals surface area contributed by atoms with Crippen LogP contribution in [0.15, 0.2) is 0 Å². The molecule has 4 aliphatic heterocycles. The minimum Gasteiger partial charge on any atom is -0.1000 e. The molecule has 4 rings (SSSR count). The summed E-state index contributed by atoms with van der Waals surface area (Å²) in [6.45, 7) is 0. The quantitative estimate of drug-likeness (QED) is 0.548. The molecule has 0 nitrogen and oxygen atoms in total. The molecule has 0 spiro atoms. The summed E-state index contributed by atoms with van der Waals surface area (Å²) in [6, 6.07) is 0. The van der Waals surface area contributed by atoms with Crippen molar-refractivity contribution in [3.8, 4) is 0 Å². The minimum absolute atomic E-state index is 0.463. The molecule has 4 fully saturated rings. The first-order valence-electron chi connectivity index (χ1n) is 9.43. The lowest BCUT2D eigenvalue weighted by molar-refractivity contribution is 0.556. The van der Waals surface area contributed by atoms with Crippen LogP contribution in [-0.4, -0.2) is 35.0 Å². The second-order valence-corrected chi connectivity index (χ2v) is 13.7. The Morgan fingerprint density at radius 2 is 0.750 bits per heavy atom. The molecule has 0 aromatic carbocycles. The van der Waals surface area contributed by atoms with E-state index in [1.54, 1.807) is 89.4 Å². The molecule has 4 bridgehead atoms. The van der Waals surface area contributed by atoms with E-state index in [4.69, 9.17) is 0 Å². The standard InChI is InChI=1S/C18H32P2/c1-2-6-16-10-9-15(5-1)19(16)13-14-20-17-7-3-4-8-18(20)12-11-17/h15-18H,1-14H2/t15-,16+,17-,18+,19?,20?. The van der Waals surface area contributed by atoms with Gasteiger partial charge >= 0.3 is 0 Å². The maximum atomic E-state index is 1.71. The van der Waals surface area contributed by atoms with Crippen LogP contribution in [0.1, 0.15) is 77.0 Å². The van der Waals surface area contributed by atoms with Crippen LogP contribution in [0.5, 0.6) is 0 Å². The molecule has 0 aromatic rings. The van der Waals surface area contributed by atoms with Crippen molar-refractivity contribution in [2.75, 3.05) is 12.3 Å². The second kappa shape index (κ2) is 6.54. The molecule has 0 radical (unpaired) electrons. The molecule has 2 unspecified atom stereocenters. The van der Waals surface area contributed by atoms with Crippen molar-refractivity contribution in [2.24, 2.45) is 0 Å². The molecule has 4 saturated heterocycles. The van der Waals surface area contributed by atoms with Gasteiger partial charge in [-0.15, -0.1) is 0 Å². The number of rotatable bonds is 3. The highest BCUT2D eigenvalue weighted by Crippen LogP contribution is 2.65. The summed E-state index contributed by atoms with van der Waals surface area (Å²) in [4.78, 5) is 0. The number of hydrogen-bond acceptors (Lipinski definition) is 0. The molecule has 0 saturated carbocycles. The van der Waals surface area contributed by atoms with Gasteiger partial charge in [0.05, 0.1) is 0 Å². The third kappa shape index (κ3) is 2.86. The van der Waals surface area contributed by atoms with Crippen LogP contribution in [0, 0.1) is 0 Å². The van der Waals surface area contributed by atoms with E-state index in [9.17, 15) is 0 Å². The Kier molecular flexibility index (Phi) is 4.73. The largest absolute Gasteiger partial charge is 0.1000 e. The SMILES string of the molecule is C1CC[C@H]2CC[C@@H](C1)P2CCP1[C@@H]2CCCC[C@H]1CC2. The zero-order chi connectivity index (χ0) is 13.4. The van der Waals surface area contributed by atoms with Crippen molar-refractivity contribution >= 4 is 15.8 Å². The van der Waals surface area contributed by atoms with Gasteiger partial charge in [-0.05, 0) is 86.3 Å². The summed E-state index contributed by atoms with van der Waals surface area (Å²) in [5, 5.41) is 0. The van der Waals surface area contributed by atoms with Crippen LogP contribution in [-0.2, 0) is 0 Å². The van der Waals surface area contributed by atoms with E-state index in [0.29, 0.717) is 15.8 Å². The molecule has 0 amide bonds. The van der Waals surface area contributed by atoms with Crippen LogP contribution in [0.2, 0.25) is 0 Å². The van der Waals surface area contributed by atoms with Crippen molar-refractivity contribution in [3.05, 3.63) is 0 Å². The summed E-state index contributed by atoms with van der Waals surface area (Å²) >= 11 is 0. The van der Waals surface area contributed by atoms with Gasteiger partial charge in [-0.3, -0.25) is 0 Å². The van der Waals surface area contributed by atoms with Crippen LogP contribution in [0.3, 0.4) is 0 Å². The van der Waals surface area contributed by atoms with Crippen molar-refractivity contribution < 1.29 is 0 Å². The Bertz CT molecular complexity index is 269. The molecule has 114 valence electrons. The first kappa shape index (κ1) is 14.5. The molecule has 6 atom stereocenters. The fourth-order valence-corrected chi connectivity index (χ4v) is 14.2. The number of hydrogen-bond donors (Lipinski definition) is 0. The zero-order valence-corrected chi connectivity index (χ0v) is 14.9. The molecule has 0 aromatic heterocycles. The maximum absolute atomic E-state index is 1.71. The predicted octanol–water partition coefficient (Wildman–Crippen LogP) is 6.16. The van der Waals surface area contributed by atoms with E-state index in [1.807, 2.05) is 0 Å². The van der Waals surface area contributed by atoms with Gasteiger partial charge in [-0.2, -0.15) is 0 Å². The molecule has 4 heterocycles. The highest BCUT2D eigenvalue weighted by molar-refractivity contribution is 7.63. The van der Waals surface area contributed by atoms with Crippen molar-refractivity contribution in [1.82, 2.24) is 0 Å². The Morgan fingerprint density at radius 1 is 0.450 bits per heavy atom. The molecule has 0 N–H and O–H groups in total. The van der Waals surface area contributed by atoms with E-state index in [0.717, 1.165) is 0 Å². The second-order valence-electron chi connectivity index (χ2n) is 7.81. The highest BCUT2D eigenvalue weighted by Gasteiger charge is 2.40. The molecule has 4 aliphatic rings. The fourth-order valence-electron chi connectivity index (χ4n) is 5.75. The Hall–Kier alpha value is 0.860. The van der Waals surface area contributed by atoms with Crippen molar-refractivity contribution in [2.45, 2.75) is 99.7 Å². The lowest BCUT2D eigenvalue weighted by atomic mass is 10.0. The summed E-state index contributed by atoms with van der Waals surface area (Å²) in [6.07, 6.45) is 22.7. The number of fused-ring (bicyclic) bond motifs is 4. The van der Waals surface area contributed by atoms with Gasteiger partial charge in [0, 0.05) is 0 Å². The lowest BCUT2D eigenvalue weighted by Gasteiger charge is -2.28. The van der Waals surface area contributed by atoms with Gasteiger partial charge in [0.25, 0.3) is 0 Å². The normalized spacial score (nSPS) is 48.0. The third-order valence-electron chi connectivity index (χ3n) is 6.81. The van der Waals surface area contributed by atoms with Gasteiger partial charge in [0.1, 0.15) is 0 Å². The molecular formula is C18H32P2. The van der Waals surface area contributed by atoms with Crippen molar-refractivity contribution in [3.63, 3.8) is 0 Å². The van der Waals surface area contributed by atoms with Gasteiger partial charge < -0.3 is 0 Å². The smallest absolute Gasteiger partial charge is 0.0206 e. The van der Waals surface area contributed by atoms with E-state index in [1.165, 1.54) is 22.6 Å². The average molecular weight is 310 g/mol. The van der Waals surface area contributed by atoms with Gasteiger partial charge in [0.15, 0.2) is 0 Å². The Labute approximate surface area is 128 Å². The van der Waals surface area contributed by atoms with E-state index >= 15 is 0 Å². The van der Waals surface area contributed by atoms with Crippen LogP contribution in [0.25, 0.3) is 0 Å². The summed E-state index contributed by atoms with van der Waals surface area (Å²) < 4.78 is 0.